The molecule has 2 aromatic carbocycles. The van der Waals surface area contributed by atoms with E-state index >= 15 is 0 Å². The van der Waals surface area contributed by atoms with E-state index in [4.69, 9.17) is 28.5 Å². The number of benzene rings is 2. The number of halogens is 2. The summed E-state index contributed by atoms with van der Waals surface area (Å²) in [6.45, 7) is 0. The molecule has 0 saturated heterocycles. The van der Waals surface area contributed by atoms with Crippen LogP contribution in [0, 0.1) is 11.3 Å². The standard InChI is InChI=1S/C16H11Cl2N3O2/c17-13-5-2-6-14(18)15(13)20-9-10(8-19)16(23)21-11-3-1-4-12(22)7-11/h1-7,9,20,22H,(H,21,23)/b10-9-. The van der Waals surface area contributed by atoms with Gasteiger partial charge in [0.2, 0.25) is 0 Å². The molecule has 3 N–H and O–H groups in total. The highest BCUT2D eigenvalue weighted by atomic mass is 35.5. The number of rotatable bonds is 4. The molecule has 0 fully saturated rings. The first kappa shape index (κ1) is 16.7. The minimum absolute atomic E-state index is 0.00580. The Bertz CT molecular complexity index is 793. The largest absolute Gasteiger partial charge is 0.508 e. The van der Waals surface area contributed by atoms with Crippen LogP contribution < -0.4 is 10.6 Å². The Hall–Kier alpha value is -2.68. The molecule has 0 aromatic heterocycles. The molecular weight excluding hydrogens is 337 g/mol. The molecule has 0 saturated carbocycles. The second-order valence-corrected chi connectivity index (χ2v) is 5.23. The molecule has 2 aromatic rings. The zero-order valence-electron chi connectivity index (χ0n) is 11.7. The molecule has 23 heavy (non-hydrogen) atoms. The minimum atomic E-state index is -0.631. The first-order valence-electron chi connectivity index (χ1n) is 6.42. The first-order valence-corrected chi connectivity index (χ1v) is 7.18. The van der Waals surface area contributed by atoms with Crippen LogP contribution in [0.4, 0.5) is 11.4 Å². The van der Waals surface area contributed by atoms with Gasteiger partial charge in [-0.3, -0.25) is 4.79 Å². The van der Waals surface area contributed by atoms with Crippen molar-refractivity contribution < 1.29 is 9.90 Å². The van der Waals surface area contributed by atoms with Crippen molar-refractivity contribution in [2.24, 2.45) is 0 Å². The summed E-state index contributed by atoms with van der Waals surface area (Å²) in [6.07, 6.45) is 1.21. The van der Waals surface area contributed by atoms with Crippen LogP contribution in [0.5, 0.6) is 5.75 Å². The summed E-state index contributed by atoms with van der Waals surface area (Å²) in [7, 11) is 0. The van der Waals surface area contributed by atoms with E-state index in [9.17, 15) is 9.90 Å². The van der Waals surface area contributed by atoms with Gasteiger partial charge in [0.1, 0.15) is 17.4 Å². The molecule has 0 bridgehead atoms. The lowest BCUT2D eigenvalue weighted by atomic mass is 10.2. The van der Waals surface area contributed by atoms with Crippen LogP contribution >= 0.6 is 23.2 Å². The molecule has 1 amide bonds. The van der Waals surface area contributed by atoms with E-state index in [0.717, 1.165) is 0 Å². The Morgan fingerprint density at radius 2 is 1.83 bits per heavy atom. The molecule has 0 aliphatic rings. The zero-order valence-corrected chi connectivity index (χ0v) is 13.2. The number of nitrogens with zero attached hydrogens (tertiary/aromatic N) is 1. The third-order valence-electron chi connectivity index (χ3n) is 2.79. The van der Waals surface area contributed by atoms with Crippen LogP contribution in [0.25, 0.3) is 0 Å². The number of nitriles is 1. The molecule has 0 unspecified atom stereocenters. The number of para-hydroxylation sites is 1. The number of amides is 1. The summed E-state index contributed by atoms with van der Waals surface area (Å²) < 4.78 is 0. The lowest BCUT2D eigenvalue weighted by Gasteiger charge is -2.08. The number of phenolic OH excluding ortho intramolecular Hbond substituents is 1. The summed E-state index contributed by atoms with van der Waals surface area (Å²) in [6, 6.07) is 12.7. The lowest BCUT2D eigenvalue weighted by molar-refractivity contribution is -0.112. The van der Waals surface area contributed by atoms with Gasteiger partial charge in [-0.15, -0.1) is 0 Å². The maximum atomic E-state index is 12.1. The van der Waals surface area contributed by atoms with Gasteiger partial charge in [-0.05, 0) is 24.3 Å². The molecule has 5 nitrogen and oxygen atoms in total. The summed E-state index contributed by atoms with van der Waals surface area (Å²) >= 11 is 12.0. The third-order valence-corrected chi connectivity index (χ3v) is 3.42. The van der Waals surface area contributed by atoms with E-state index < -0.39 is 5.91 Å². The van der Waals surface area contributed by atoms with Crippen LogP contribution in [-0.4, -0.2) is 11.0 Å². The van der Waals surface area contributed by atoms with Crippen LogP contribution in [0.2, 0.25) is 10.0 Å². The Kier molecular flexibility index (Phi) is 5.47. The highest BCUT2D eigenvalue weighted by molar-refractivity contribution is 6.39. The van der Waals surface area contributed by atoms with E-state index in [0.29, 0.717) is 21.4 Å². The molecule has 2 rings (SSSR count). The Morgan fingerprint density at radius 1 is 1.17 bits per heavy atom. The van der Waals surface area contributed by atoms with Crippen molar-refractivity contribution in [3.05, 3.63) is 64.3 Å². The Morgan fingerprint density at radius 3 is 2.43 bits per heavy atom. The van der Waals surface area contributed by atoms with Gasteiger partial charge >= 0.3 is 0 Å². The molecule has 0 aliphatic carbocycles. The van der Waals surface area contributed by atoms with Gasteiger partial charge < -0.3 is 15.7 Å². The predicted octanol–water partition coefficient (Wildman–Crippen LogP) is 4.16. The minimum Gasteiger partial charge on any atom is -0.508 e. The van der Waals surface area contributed by atoms with Crippen LogP contribution in [0.15, 0.2) is 54.2 Å². The summed E-state index contributed by atoms with van der Waals surface area (Å²) in [5.74, 6) is -0.625. The SMILES string of the molecule is N#C/C(=C/Nc1c(Cl)cccc1Cl)C(=O)Nc1cccc(O)c1. The van der Waals surface area contributed by atoms with Gasteiger partial charge in [0.25, 0.3) is 5.91 Å². The highest BCUT2D eigenvalue weighted by Gasteiger charge is 2.11. The van der Waals surface area contributed by atoms with Crippen molar-refractivity contribution in [1.82, 2.24) is 0 Å². The molecule has 0 spiro atoms. The van der Waals surface area contributed by atoms with Crippen molar-refractivity contribution >= 4 is 40.5 Å². The van der Waals surface area contributed by atoms with Crippen molar-refractivity contribution in [2.45, 2.75) is 0 Å². The van der Waals surface area contributed by atoms with Crippen molar-refractivity contribution in [3.8, 4) is 11.8 Å². The number of aromatic hydroxyl groups is 1. The van der Waals surface area contributed by atoms with Gasteiger partial charge in [0.05, 0.1) is 15.7 Å². The van der Waals surface area contributed by atoms with E-state index in [-0.39, 0.29) is 11.3 Å². The number of carbonyl (C=O) groups is 1. The lowest BCUT2D eigenvalue weighted by Crippen LogP contribution is -2.14. The fourth-order valence-corrected chi connectivity index (χ4v) is 2.22. The highest BCUT2D eigenvalue weighted by Crippen LogP contribution is 2.29. The summed E-state index contributed by atoms with van der Waals surface area (Å²) in [5, 5.41) is 24.4. The molecule has 7 heteroatoms. The first-order chi connectivity index (χ1) is 11.0. The third kappa shape index (κ3) is 4.39. The van der Waals surface area contributed by atoms with Gasteiger partial charge in [-0.2, -0.15) is 5.26 Å². The second kappa shape index (κ2) is 7.54. The average molecular weight is 348 g/mol. The van der Waals surface area contributed by atoms with Gasteiger partial charge in [-0.1, -0.05) is 35.3 Å². The van der Waals surface area contributed by atoms with Crippen molar-refractivity contribution in [2.75, 3.05) is 10.6 Å². The quantitative estimate of drug-likeness (QED) is 0.572. The Balaban J connectivity index is 2.16. The van der Waals surface area contributed by atoms with Gasteiger partial charge in [-0.25, -0.2) is 0 Å². The van der Waals surface area contributed by atoms with Crippen LogP contribution in [-0.2, 0) is 4.79 Å². The molecule has 116 valence electrons. The van der Waals surface area contributed by atoms with Gasteiger partial charge in [0, 0.05) is 18.0 Å². The van der Waals surface area contributed by atoms with E-state index in [1.165, 1.54) is 18.3 Å². The number of hydrogen-bond acceptors (Lipinski definition) is 4. The molecule has 0 atom stereocenters. The summed E-state index contributed by atoms with van der Waals surface area (Å²) in [4.78, 5) is 12.1. The number of carbonyl (C=O) groups excluding carboxylic acids is 1. The molecule has 0 aliphatic heterocycles. The molecular formula is C16H11Cl2N3O2. The number of phenols is 1. The molecule has 0 heterocycles. The van der Waals surface area contributed by atoms with Gasteiger partial charge in [0.15, 0.2) is 0 Å². The second-order valence-electron chi connectivity index (χ2n) is 4.42. The van der Waals surface area contributed by atoms with Crippen LogP contribution in [0.3, 0.4) is 0 Å². The van der Waals surface area contributed by atoms with E-state index in [2.05, 4.69) is 10.6 Å². The van der Waals surface area contributed by atoms with E-state index in [1.54, 1.807) is 36.4 Å². The number of hydrogen-bond donors (Lipinski definition) is 3. The number of nitrogens with one attached hydrogen (secondary N) is 2. The van der Waals surface area contributed by atoms with E-state index in [1.807, 2.05) is 0 Å². The molecule has 0 radical (unpaired) electrons. The summed E-state index contributed by atoms with van der Waals surface area (Å²) in [5.41, 5.74) is 0.588. The fourth-order valence-electron chi connectivity index (χ4n) is 1.71. The van der Waals surface area contributed by atoms with Crippen LogP contribution in [0.1, 0.15) is 0 Å². The predicted molar refractivity (Wildman–Crippen MR) is 90.5 cm³/mol. The van der Waals surface area contributed by atoms with Crippen molar-refractivity contribution in [1.29, 1.82) is 5.26 Å². The maximum Gasteiger partial charge on any atom is 0.267 e. The van der Waals surface area contributed by atoms with Crippen molar-refractivity contribution in [3.63, 3.8) is 0 Å². The number of anilines is 2. The fraction of sp³-hybridized carbons (Fsp3) is 0. The normalized spacial score (nSPS) is 10.7. The monoisotopic (exact) mass is 347 g/mol. The smallest absolute Gasteiger partial charge is 0.267 e. The Labute approximate surface area is 142 Å². The average Bonchev–Trinajstić information content (AvgIpc) is 2.50. The topological polar surface area (TPSA) is 85.2 Å². The zero-order chi connectivity index (χ0) is 16.8. The maximum absolute atomic E-state index is 12.1.